The summed E-state index contributed by atoms with van der Waals surface area (Å²) in [6, 6.07) is 0. The smallest absolute Gasteiger partial charge is 0.360 e. The van der Waals surface area contributed by atoms with Crippen LogP contribution in [0, 0.1) is 13.8 Å². The highest BCUT2D eigenvalue weighted by molar-refractivity contribution is 7.15. The number of carbonyl (C=O) groups excluding carboxylic acids is 1. The first-order valence-corrected chi connectivity index (χ1v) is 5.78. The zero-order chi connectivity index (χ0) is 12.6. The van der Waals surface area contributed by atoms with Crippen molar-refractivity contribution in [2.75, 3.05) is 7.11 Å². The second-order valence-electron chi connectivity index (χ2n) is 3.55. The average Bonchev–Trinajstić information content (AvgIpc) is 2.80. The van der Waals surface area contributed by atoms with E-state index < -0.39 is 5.97 Å². The lowest BCUT2D eigenvalue weighted by Gasteiger charge is -2.01. The lowest BCUT2D eigenvalue weighted by Crippen LogP contribution is -2.04. The molecular weight excluding hydrogens is 240 g/mol. The predicted molar refractivity (Wildman–Crippen MR) is 62.9 cm³/mol. The van der Waals surface area contributed by atoms with Crippen LogP contribution in [-0.4, -0.2) is 33.1 Å². The maximum atomic E-state index is 11.6. The standard InChI is InChI=1S/C10H12N4O2S/c1-5-9(17-6(2)11-5)8-7(10(15)16-4)12-13-14(8)3/h1-4H3. The Hall–Kier alpha value is -1.76. The monoisotopic (exact) mass is 252 g/mol. The van der Waals surface area contributed by atoms with Crippen LogP contribution in [-0.2, 0) is 11.8 Å². The molecule has 7 heteroatoms. The average molecular weight is 252 g/mol. The summed E-state index contributed by atoms with van der Waals surface area (Å²) < 4.78 is 6.25. The van der Waals surface area contributed by atoms with Gasteiger partial charge in [0.2, 0.25) is 0 Å². The highest BCUT2D eigenvalue weighted by Gasteiger charge is 2.23. The lowest BCUT2D eigenvalue weighted by molar-refractivity contribution is 0.0595. The number of esters is 1. The Balaban J connectivity index is 2.62. The Morgan fingerprint density at radius 1 is 1.41 bits per heavy atom. The summed E-state index contributed by atoms with van der Waals surface area (Å²) in [5, 5.41) is 8.63. The molecule has 0 aliphatic rings. The van der Waals surface area contributed by atoms with Crippen molar-refractivity contribution in [3.05, 3.63) is 16.4 Å². The number of hydrogen-bond acceptors (Lipinski definition) is 6. The Morgan fingerprint density at radius 2 is 2.12 bits per heavy atom. The van der Waals surface area contributed by atoms with Gasteiger partial charge in [-0.2, -0.15) is 0 Å². The number of rotatable bonds is 2. The van der Waals surface area contributed by atoms with Crippen molar-refractivity contribution in [2.45, 2.75) is 13.8 Å². The summed E-state index contributed by atoms with van der Waals surface area (Å²) in [5.41, 5.74) is 1.74. The van der Waals surface area contributed by atoms with Crippen molar-refractivity contribution >= 4 is 17.3 Å². The molecule has 0 bridgehead atoms. The zero-order valence-corrected chi connectivity index (χ0v) is 10.8. The van der Waals surface area contributed by atoms with Crippen molar-refractivity contribution in [3.63, 3.8) is 0 Å². The SMILES string of the molecule is COC(=O)c1nnn(C)c1-c1sc(C)nc1C. The maximum absolute atomic E-state index is 11.6. The molecule has 0 aliphatic heterocycles. The van der Waals surface area contributed by atoms with E-state index in [2.05, 4.69) is 20.0 Å². The fraction of sp³-hybridized carbons (Fsp3) is 0.400. The molecule has 6 nitrogen and oxygen atoms in total. The summed E-state index contributed by atoms with van der Waals surface area (Å²) >= 11 is 1.51. The van der Waals surface area contributed by atoms with Crippen molar-refractivity contribution in [3.8, 4) is 10.6 Å². The second-order valence-corrected chi connectivity index (χ2v) is 4.75. The van der Waals surface area contributed by atoms with E-state index in [1.807, 2.05) is 13.8 Å². The van der Waals surface area contributed by atoms with Crippen LogP contribution in [0.3, 0.4) is 0 Å². The van der Waals surface area contributed by atoms with Gasteiger partial charge < -0.3 is 4.74 Å². The molecule has 0 radical (unpaired) electrons. The quantitative estimate of drug-likeness (QED) is 0.754. The van der Waals surface area contributed by atoms with Crippen molar-refractivity contribution < 1.29 is 9.53 Å². The molecule has 0 fully saturated rings. The van der Waals surface area contributed by atoms with Gasteiger partial charge in [0, 0.05) is 7.05 Å². The van der Waals surface area contributed by atoms with Gasteiger partial charge in [0.05, 0.1) is 22.7 Å². The molecule has 2 aromatic heterocycles. The van der Waals surface area contributed by atoms with E-state index in [4.69, 9.17) is 0 Å². The molecule has 0 atom stereocenters. The van der Waals surface area contributed by atoms with E-state index in [1.54, 1.807) is 11.7 Å². The zero-order valence-electron chi connectivity index (χ0n) is 10.0. The number of methoxy groups -OCH3 is 1. The molecule has 2 heterocycles. The number of ether oxygens (including phenoxy) is 1. The van der Waals surface area contributed by atoms with Gasteiger partial charge in [-0.1, -0.05) is 5.21 Å². The number of hydrogen-bond donors (Lipinski definition) is 0. The minimum Gasteiger partial charge on any atom is -0.464 e. The number of carbonyl (C=O) groups is 1. The van der Waals surface area contributed by atoms with E-state index in [0.29, 0.717) is 5.69 Å². The summed E-state index contributed by atoms with van der Waals surface area (Å²) in [6.45, 7) is 3.82. The van der Waals surface area contributed by atoms with E-state index in [-0.39, 0.29) is 5.69 Å². The fourth-order valence-electron chi connectivity index (χ4n) is 1.60. The molecular formula is C10H12N4O2S. The Kier molecular flexibility index (Phi) is 2.93. The van der Waals surface area contributed by atoms with Crippen LogP contribution in [0.15, 0.2) is 0 Å². The number of aryl methyl sites for hydroxylation is 3. The van der Waals surface area contributed by atoms with Crippen LogP contribution in [0.1, 0.15) is 21.2 Å². The molecule has 2 aromatic rings. The van der Waals surface area contributed by atoms with Crippen molar-refractivity contribution in [1.82, 2.24) is 20.0 Å². The Labute approximate surface area is 102 Å². The van der Waals surface area contributed by atoms with Gasteiger partial charge >= 0.3 is 5.97 Å². The summed E-state index contributed by atoms with van der Waals surface area (Å²) in [7, 11) is 3.06. The van der Waals surface area contributed by atoms with Crippen molar-refractivity contribution in [2.24, 2.45) is 7.05 Å². The summed E-state index contributed by atoms with van der Waals surface area (Å²) in [4.78, 5) is 16.8. The fourth-order valence-corrected chi connectivity index (χ4v) is 2.59. The van der Waals surface area contributed by atoms with Gasteiger partial charge in [0.25, 0.3) is 0 Å². The summed E-state index contributed by atoms with van der Waals surface area (Å²) in [5.74, 6) is -0.487. The highest BCUT2D eigenvalue weighted by atomic mass is 32.1. The van der Waals surface area contributed by atoms with E-state index in [1.165, 1.54) is 18.4 Å². The topological polar surface area (TPSA) is 69.9 Å². The molecule has 0 amide bonds. The minimum atomic E-state index is -0.487. The van der Waals surface area contributed by atoms with Gasteiger partial charge in [-0.25, -0.2) is 14.5 Å². The number of nitrogens with zero attached hydrogens (tertiary/aromatic N) is 4. The third kappa shape index (κ3) is 1.93. The summed E-state index contributed by atoms with van der Waals surface area (Å²) in [6.07, 6.45) is 0. The van der Waals surface area contributed by atoms with E-state index in [9.17, 15) is 4.79 Å². The van der Waals surface area contributed by atoms with Crippen LogP contribution in [0.5, 0.6) is 0 Å². The first-order chi connectivity index (χ1) is 8.04. The van der Waals surface area contributed by atoms with Crippen LogP contribution < -0.4 is 0 Å². The largest absolute Gasteiger partial charge is 0.464 e. The molecule has 0 saturated carbocycles. The third-order valence-corrected chi connectivity index (χ3v) is 3.40. The molecule has 0 saturated heterocycles. The van der Waals surface area contributed by atoms with Crippen LogP contribution >= 0.6 is 11.3 Å². The van der Waals surface area contributed by atoms with E-state index in [0.717, 1.165) is 15.6 Å². The number of thiazole rings is 1. The maximum Gasteiger partial charge on any atom is 0.360 e. The van der Waals surface area contributed by atoms with Gasteiger partial charge in [-0.3, -0.25) is 0 Å². The number of aromatic nitrogens is 4. The Bertz CT molecular complexity index is 573. The molecule has 0 N–H and O–H groups in total. The first kappa shape index (κ1) is 11.7. The lowest BCUT2D eigenvalue weighted by atomic mass is 10.2. The van der Waals surface area contributed by atoms with Crippen molar-refractivity contribution in [1.29, 1.82) is 0 Å². The predicted octanol–water partition coefficient (Wildman–Crippen LogP) is 1.34. The third-order valence-electron chi connectivity index (χ3n) is 2.32. The van der Waals surface area contributed by atoms with Gasteiger partial charge in [0.1, 0.15) is 5.69 Å². The molecule has 0 spiro atoms. The molecule has 17 heavy (non-hydrogen) atoms. The van der Waals surface area contributed by atoms with Crippen LogP contribution in [0.2, 0.25) is 0 Å². The second kappa shape index (κ2) is 4.25. The normalized spacial score (nSPS) is 10.6. The Morgan fingerprint density at radius 3 is 2.65 bits per heavy atom. The van der Waals surface area contributed by atoms with Crippen LogP contribution in [0.4, 0.5) is 0 Å². The minimum absolute atomic E-state index is 0.224. The molecule has 0 aliphatic carbocycles. The van der Waals surface area contributed by atoms with Gasteiger partial charge in [0.15, 0.2) is 5.69 Å². The first-order valence-electron chi connectivity index (χ1n) is 4.97. The molecule has 0 unspecified atom stereocenters. The molecule has 2 rings (SSSR count). The van der Waals surface area contributed by atoms with Gasteiger partial charge in [-0.15, -0.1) is 16.4 Å². The van der Waals surface area contributed by atoms with E-state index >= 15 is 0 Å². The molecule has 90 valence electrons. The molecule has 0 aromatic carbocycles. The highest BCUT2D eigenvalue weighted by Crippen LogP contribution is 2.31. The van der Waals surface area contributed by atoms with Crippen LogP contribution in [0.25, 0.3) is 10.6 Å². The van der Waals surface area contributed by atoms with Gasteiger partial charge in [-0.05, 0) is 13.8 Å².